The van der Waals surface area contributed by atoms with E-state index in [1.165, 1.54) is 12.1 Å². The van der Waals surface area contributed by atoms with Gasteiger partial charge in [0.1, 0.15) is 11.4 Å². The number of halogens is 1. The number of imidazole rings is 1. The second kappa shape index (κ2) is 7.84. The predicted octanol–water partition coefficient (Wildman–Crippen LogP) is 4.39. The lowest BCUT2D eigenvalue weighted by Gasteiger charge is -2.33. The van der Waals surface area contributed by atoms with E-state index in [2.05, 4.69) is 35.2 Å². The normalized spacial score (nSPS) is 18.2. The quantitative estimate of drug-likeness (QED) is 0.523. The fraction of sp³-hybridized carbons (Fsp3) is 0.240. The lowest BCUT2D eigenvalue weighted by molar-refractivity contribution is 0.342. The van der Waals surface area contributed by atoms with Crippen molar-refractivity contribution in [3.05, 3.63) is 94.8 Å². The second-order valence-corrected chi connectivity index (χ2v) is 8.40. The molecule has 32 heavy (non-hydrogen) atoms. The van der Waals surface area contributed by atoms with Crippen molar-refractivity contribution in [3.63, 3.8) is 0 Å². The first-order valence-corrected chi connectivity index (χ1v) is 10.7. The summed E-state index contributed by atoms with van der Waals surface area (Å²) in [6.07, 6.45) is 9.39. The number of nitrogens with zero attached hydrogens (tertiary/aromatic N) is 5. The summed E-state index contributed by atoms with van der Waals surface area (Å²) in [6, 6.07) is 12.6. The first kappa shape index (κ1) is 20.3. The summed E-state index contributed by atoms with van der Waals surface area (Å²) in [5, 5.41) is 4.65. The average Bonchev–Trinajstić information content (AvgIpc) is 3.40. The van der Waals surface area contributed by atoms with Gasteiger partial charge >= 0.3 is 0 Å². The van der Waals surface area contributed by atoms with Crippen molar-refractivity contribution in [2.75, 3.05) is 0 Å². The zero-order valence-electron chi connectivity index (χ0n) is 18.2. The van der Waals surface area contributed by atoms with Crippen molar-refractivity contribution in [2.45, 2.75) is 38.8 Å². The Morgan fingerprint density at radius 2 is 1.91 bits per heavy atom. The minimum absolute atomic E-state index is 0.275. The molecule has 0 fully saturated rings. The van der Waals surface area contributed by atoms with E-state index in [4.69, 9.17) is 10.7 Å². The van der Waals surface area contributed by atoms with Crippen LogP contribution < -0.4 is 5.73 Å². The van der Waals surface area contributed by atoms with Gasteiger partial charge in [-0.05, 0) is 73.7 Å². The number of aromatic nitrogens is 5. The van der Waals surface area contributed by atoms with Crippen LogP contribution in [0.3, 0.4) is 0 Å². The number of rotatable bonds is 4. The van der Waals surface area contributed by atoms with Gasteiger partial charge in [-0.3, -0.25) is 0 Å². The molecule has 1 aliphatic rings. The molecule has 0 amide bonds. The van der Waals surface area contributed by atoms with E-state index in [9.17, 15) is 4.39 Å². The molecular formula is C25H25FN6. The van der Waals surface area contributed by atoms with Gasteiger partial charge in [-0.25, -0.2) is 19.0 Å². The minimum atomic E-state index is -0.772. The maximum atomic E-state index is 13.4. The fourth-order valence-electron chi connectivity index (χ4n) is 4.35. The van der Waals surface area contributed by atoms with Gasteiger partial charge in [-0.15, -0.1) is 0 Å². The van der Waals surface area contributed by atoms with E-state index in [0.29, 0.717) is 5.82 Å². The highest BCUT2D eigenvalue weighted by Gasteiger charge is 2.37. The zero-order valence-corrected chi connectivity index (χ0v) is 18.2. The third-order valence-electron chi connectivity index (χ3n) is 6.02. The van der Waals surface area contributed by atoms with Gasteiger partial charge in [0.25, 0.3) is 0 Å². The SMILES string of the molecule is Cc1cn(-c2ccc(/C=C/c3nc4n(n3)CCC[C@@]4(N)c3ccc(F)cc3)cc2C)cn1. The molecule has 0 bridgehead atoms. The Labute approximate surface area is 186 Å². The van der Waals surface area contributed by atoms with Crippen LogP contribution in [0, 0.1) is 19.7 Å². The molecule has 0 radical (unpaired) electrons. The Kier molecular flexibility index (Phi) is 4.98. The Bertz CT molecular complexity index is 1300. The summed E-state index contributed by atoms with van der Waals surface area (Å²) in [5.41, 5.74) is 11.2. The van der Waals surface area contributed by atoms with Gasteiger partial charge in [0.05, 0.1) is 12.0 Å². The molecule has 4 aromatic rings. The maximum Gasteiger partial charge on any atom is 0.174 e. The third-order valence-corrected chi connectivity index (χ3v) is 6.02. The van der Waals surface area contributed by atoms with E-state index in [1.54, 1.807) is 12.1 Å². The number of fused-ring (bicyclic) bond motifs is 1. The molecule has 0 saturated heterocycles. The number of nitrogens with two attached hydrogens (primary N) is 1. The van der Waals surface area contributed by atoms with Crippen molar-refractivity contribution in [2.24, 2.45) is 5.73 Å². The number of aryl methyl sites for hydroxylation is 3. The van der Waals surface area contributed by atoms with Crippen LogP contribution >= 0.6 is 0 Å². The highest BCUT2D eigenvalue weighted by molar-refractivity contribution is 5.68. The molecular weight excluding hydrogens is 403 g/mol. The first-order valence-electron chi connectivity index (χ1n) is 10.7. The molecule has 2 aromatic heterocycles. The average molecular weight is 429 g/mol. The summed E-state index contributed by atoms with van der Waals surface area (Å²) in [4.78, 5) is 9.05. The Balaban J connectivity index is 1.42. The molecule has 2 N–H and O–H groups in total. The summed E-state index contributed by atoms with van der Waals surface area (Å²) >= 11 is 0. The van der Waals surface area contributed by atoms with E-state index in [1.807, 2.05) is 40.8 Å². The maximum absolute atomic E-state index is 13.4. The number of hydrogen-bond acceptors (Lipinski definition) is 4. The monoisotopic (exact) mass is 428 g/mol. The van der Waals surface area contributed by atoms with Crippen LogP contribution in [0.25, 0.3) is 17.8 Å². The fourth-order valence-corrected chi connectivity index (χ4v) is 4.35. The lowest BCUT2D eigenvalue weighted by atomic mass is 9.83. The summed E-state index contributed by atoms with van der Waals surface area (Å²) in [6.45, 7) is 4.84. The molecule has 0 spiro atoms. The van der Waals surface area contributed by atoms with Crippen LogP contribution in [0.2, 0.25) is 0 Å². The Morgan fingerprint density at radius 3 is 2.62 bits per heavy atom. The first-order chi connectivity index (χ1) is 15.4. The molecule has 6 nitrogen and oxygen atoms in total. The Morgan fingerprint density at radius 1 is 1.09 bits per heavy atom. The third kappa shape index (κ3) is 3.65. The van der Waals surface area contributed by atoms with Crippen LogP contribution in [-0.4, -0.2) is 24.3 Å². The summed E-state index contributed by atoms with van der Waals surface area (Å²) in [5.74, 6) is 1.06. The highest BCUT2D eigenvalue weighted by atomic mass is 19.1. The molecule has 1 aliphatic heterocycles. The molecule has 0 unspecified atom stereocenters. The minimum Gasteiger partial charge on any atom is -0.315 e. The van der Waals surface area contributed by atoms with E-state index in [-0.39, 0.29) is 5.82 Å². The number of benzene rings is 2. The summed E-state index contributed by atoms with van der Waals surface area (Å²) < 4.78 is 17.3. The van der Waals surface area contributed by atoms with Crippen LogP contribution in [0.5, 0.6) is 0 Å². The molecule has 1 atom stereocenters. The van der Waals surface area contributed by atoms with Crippen molar-refractivity contribution in [3.8, 4) is 5.69 Å². The standard InChI is InChI=1S/C25H25FN6/c1-17-14-19(4-10-22(17)31-15-18(2)28-16-31)5-11-23-29-24-25(27,12-3-13-32(24)30-23)20-6-8-21(26)9-7-20/h4-11,14-16H,3,12-13,27H2,1-2H3/b11-5+/t25-/m1/s1. The van der Waals surface area contributed by atoms with Crippen LogP contribution in [-0.2, 0) is 12.1 Å². The van der Waals surface area contributed by atoms with Gasteiger partial charge in [-0.1, -0.05) is 24.3 Å². The van der Waals surface area contributed by atoms with E-state index >= 15 is 0 Å². The molecule has 2 aromatic carbocycles. The van der Waals surface area contributed by atoms with Crippen molar-refractivity contribution in [1.29, 1.82) is 0 Å². The topological polar surface area (TPSA) is 74.5 Å². The van der Waals surface area contributed by atoms with Crippen molar-refractivity contribution in [1.82, 2.24) is 24.3 Å². The second-order valence-electron chi connectivity index (χ2n) is 8.40. The smallest absolute Gasteiger partial charge is 0.174 e. The zero-order chi connectivity index (χ0) is 22.3. The van der Waals surface area contributed by atoms with Crippen molar-refractivity contribution < 1.29 is 4.39 Å². The molecule has 0 aliphatic carbocycles. The number of hydrogen-bond donors (Lipinski definition) is 1. The molecule has 162 valence electrons. The van der Waals surface area contributed by atoms with Gasteiger partial charge in [0.2, 0.25) is 0 Å². The van der Waals surface area contributed by atoms with Crippen LogP contribution in [0.1, 0.15) is 46.9 Å². The van der Waals surface area contributed by atoms with Crippen LogP contribution in [0.4, 0.5) is 4.39 Å². The van der Waals surface area contributed by atoms with Crippen LogP contribution in [0.15, 0.2) is 55.0 Å². The highest BCUT2D eigenvalue weighted by Crippen LogP contribution is 2.34. The molecule has 0 saturated carbocycles. The summed E-state index contributed by atoms with van der Waals surface area (Å²) in [7, 11) is 0. The molecule has 5 rings (SSSR count). The van der Waals surface area contributed by atoms with Gasteiger partial charge in [-0.2, -0.15) is 5.10 Å². The van der Waals surface area contributed by atoms with Crippen molar-refractivity contribution >= 4 is 12.2 Å². The van der Waals surface area contributed by atoms with E-state index in [0.717, 1.165) is 53.3 Å². The van der Waals surface area contributed by atoms with Gasteiger partial charge < -0.3 is 10.3 Å². The van der Waals surface area contributed by atoms with E-state index < -0.39 is 5.54 Å². The van der Waals surface area contributed by atoms with Gasteiger partial charge in [0.15, 0.2) is 11.6 Å². The molecule has 3 heterocycles. The lowest BCUT2D eigenvalue weighted by Crippen LogP contribution is -2.43. The predicted molar refractivity (Wildman–Crippen MR) is 123 cm³/mol. The largest absolute Gasteiger partial charge is 0.315 e. The molecule has 7 heteroatoms. The van der Waals surface area contributed by atoms with Gasteiger partial charge in [0, 0.05) is 18.4 Å². The Hall–Kier alpha value is -3.58.